The molecule has 2 saturated heterocycles. The van der Waals surface area contributed by atoms with Gasteiger partial charge >= 0.3 is 0 Å². The summed E-state index contributed by atoms with van der Waals surface area (Å²) in [6.45, 7) is 7.84. The number of H-pyrrole nitrogens is 1. The van der Waals surface area contributed by atoms with Crippen LogP contribution in [0.25, 0.3) is 0 Å². The molecule has 1 aromatic heterocycles. The molecular weight excluding hydrogens is 414 g/mol. The molecule has 1 amide bonds. The van der Waals surface area contributed by atoms with Crippen molar-refractivity contribution in [3.8, 4) is 5.75 Å². The van der Waals surface area contributed by atoms with Gasteiger partial charge in [0, 0.05) is 54.9 Å². The second-order valence-corrected chi connectivity index (χ2v) is 9.29. The number of hydrogen-bond donors (Lipinski definition) is 1. The summed E-state index contributed by atoms with van der Waals surface area (Å²) in [5.41, 5.74) is 1.98. The van der Waals surface area contributed by atoms with Crippen molar-refractivity contribution in [3.05, 3.63) is 52.8 Å². The Morgan fingerprint density at radius 2 is 2.10 bits per heavy atom. The summed E-state index contributed by atoms with van der Waals surface area (Å²) in [7, 11) is 0. The molecule has 1 N–H and O–H groups in total. The molecular formula is C24H32ClN3O3. The SMILES string of the molecule is Cc1cc(OC[C@@]2(CC(=O)N3CCOCC3)CCCN(Cc3ccc[nH]3)C2)ccc1Cl. The maximum Gasteiger partial charge on any atom is 0.223 e. The van der Waals surface area contributed by atoms with Crippen LogP contribution in [0.15, 0.2) is 36.5 Å². The quantitative estimate of drug-likeness (QED) is 0.702. The van der Waals surface area contributed by atoms with Crippen LogP contribution in [-0.4, -0.2) is 66.7 Å². The number of rotatable bonds is 7. The number of morpholine rings is 1. The van der Waals surface area contributed by atoms with Crippen LogP contribution in [0.3, 0.4) is 0 Å². The van der Waals surface area contributed by atoms with Crippen molar-refractivity contribution >= 4 is 17.5 Å². The van der Waals surface area contributed by atoms with Crippen molar-refractivity contribution in [2.75, 3.05) is 46.0 Å². The summed E-state index contributed by atoms with van der Waals surface area (Å²) in [5.74, 6) is 1.02. The number of aromatic nitrogens is 1. The summed E-state index contributed by atoms with van der Waals surface area (Å²) < 4.78 is 11.7. The summed E-state index contributed by atoms with van der Waals surface area (Å²) in [6, 6.07) is 9.89. The summed E-state index contributed by atoms with van der Waals surface area (Å²) in [4.78, 5) is 20.9. The molecule has 3 heterocycles. The Hall–Kier alpha value is -2.02. The average molecular weight is 446 g/mol. The Labute approximate surface area is 189 Å². The molecule has 2 fully saturated rings. The van der Waals surface area contributed by atoms with E-state index in [0.717, 1.165) is 48.8 Å². The largest absolute Gasteiger partial charge is 0.493 e. The summed E-state index contributed by atoms with van der Waals surface area (Å²) >= 11 is 6.17. The molecule has 2 aromatic rings. The molecule has 168 valence electrons. The Morgan fingerprint density at radius 3 is 2.84 bits per heavy atom. The first kappa shape index (κ1) is 22.2. The van der Waals surface area contributed by atoms with Gasteiger partial charge in [0.05, 0.1) is 19.8 Å². The van der Waals surface area contributed by atoms with Gasteiger partial charge in [-0.1, -0.05) is 11.6 Å². The molecule has 0 spiro atoms. The zero-order valence-electron chi connectivity index (χ0n) is 18.2. The predicted octanol–water partition coefficient (Wildman–Crippen LogP) is 3.89. The molecule has 2 aliphatic rings. The maximum absolute atomic E-state index is 13.2. The van der Waals surface area contributed by atoms with Crippen LogP contribution in [0.2, 0.25) is 5.02 Å². The van der Waals surface area contributed by atoms with Gasteiger partial charge in [0.15, 0.2) is 0 Å². The topological polar surface area (TPSA) is 57.8 Å². The third-order valence-electron chi connectivity index (χ3n) is 6.36. The van der Waals surface area contributed by atoms with E-state index in [1.807, 2.05) is 42.3 Å². The molecule has 0 unspecified atom stereocenters. The number of carbonyl (C=O) groups is 1. The monoisotopic (exact) mass is 445 g/mol. The van der Waals surface area contributed by atoms with Gasteiger partial charge < -0.3 is 19.4 Å². The molecule has 1 atom stereocenters. The lowest BCUT2D eigenvalue weighted by Crippen LogP contribution is -2.50. The number of benzene rings is 1. The molecule has 0 radical (unpaired) electrons. The number of nitrogens with zero attached hydrogens (tertiary/aromatic N) is 2. The first-order valence-electron chi connectivity index (χ1n) is 11.1. The number of halogens is 1. The normalized spacial score (nSPS) is 22.5. The van der Waals surface area contributed by atoms with E-state index in [4.69, 9.17) is 21.1 Å². The number of likely N-dealkylation sites (tertiary alicyclic amines) is 1. The molecule has 1 aromatic carbocycles. The Kier molecular flexibility index (Phi) is 7.20. The minimum Gasteiger partial charge on any atom is -0.493 e. The summed E-state index contributed by atoms with van der Waals surface area (Å²) in [5, 5.41) is 0.736. The van der Waals surface area contributed by atoms with Crippen molar-refractivity contribution in [1.82, 2.24) is 14.8 Å². The lowest BCUT2D eigenvalue weighted by molar-refractivity contribution is -0.139. The fourth-order valence-electron chi connectivity index (χ4n) is 4.65. The molecule has 4 rings (SSSR count). The molecule has 7 heteroatoms. The van der Waals surface area contributed by atoms with Crippen LogP contribution in [0.5, 0.6) is 5.75 Å². The van der Waals surface area contributed by atoms with Crippen molar-refractivity contribution in [3.63, 3.8) is 0 Å². The van der Waals surface area contributed by atoms with Crippen molar-refractivity contribution in [2.45, 2.75) is 32.7 Å². The standard InChI is InChI=1S/C24H32ClN3O3/c1-19-14-21(5-6-22(19)25)31-18-24(15-23(29)28-10-12-30-13-11-28)7-3-9-27(17-24)16-20-4-2-8-26-20/h2,4-6,8,14,26H,3,7,9-13,15-18H2,1H3/t24-/m1/s1. The number of carbonyl (C=O) groups excluding carboxylic acids is 1. The third kappa shape index (κ3) is 5.82. The van der Waals surface area contributed by atoms with Gasteiger partial charge in [-0.25, -0.2) is 0 Å². The third-order valence-corrected chi connectivity index (χ3v) is 6.79. The van der Waals surface area contributed by atoms with E-state index >= 15 is 0 Å². The molecule has 31 heavy (non-hydrogen) atoms. The fraction of sp³-hybridized carbons (Fsp3) is 0.542. The van der Waals surface area contributed by atoms with E-state index in [9.17, 15) is 4.79 Å². The minimum atomic E-state index is -0.215. The highest BCUT2D eigenvalue weighted by atomic mass is 35.5. The van der Waals surface area contributed by atoms with Crippen molar-refractivity contribution in [1.29, 1.82) is 0 Å². The number of amides is 1. The van der Waals surface area contributed by atoms with Crippen molar-refractivity contribution in [2.24, 2.45) is 5.41 Å². The molecule has 0 bridgehead atoms. The first-order valence-corrected chi connectivity index (χ1v) is 11.5. The van der Waals surface area contributed by atoms with Crippen LogP contribution in [-0.2, 0) is 16.1 Å². The lowest BCUT2D eigenvalue weighted by Gasteiger charge is -2.43. The van der Waals surface area contributed by atoms with Crippen LogP contribution >= 0.6 is 11.6 Å². The number of piperidine rings is 1. The van der Waals surface area contributed by atoms with Gasteiger partial charge in [-0.05, 0) is 62.2 Å². The van der Waals surface area contributed by atoms with Gasteiger partial charge in [-0.3, -0.25) is 9.69 Å². The maximum atomic E-state index is 13.2. The number of nitrogens with one attached hydrogen (secondary N) is 1. The van der Waals surface area contributed by atoms with Gasteiger partial charge in [-0.2, -0.15) is 0 Å². The highest BCUT2D eigenvalue weighted by Gasteiger charge is 2.39. The Morgan fingerprint density at radius 1 is 1.26 bits per heavy atom. The summed E-state index contributed by atoms with van der Waals surface area (Å²) in [6.07, 6.45) is 4.50. The number of hydrogen-bond acceptors (Lipinski definition) is 4. The highest BCUT2D eigenvalue weighted by Crippen LogP contribution is 2.36. The van der Waals surface area contributed by atoms with E-state index in [2.05, 4.69) is 16.0 Å². The Bertz CT molecular complexity index is 867. The number of aromatic amines is 1. The van der Waals surface area contributed by atoms with Crippen LogP contribution in [0.4, 0.5) is 0 Å². The van der Waals surface area contributed by atoms with Crippen LogP contribution in [0.1, 0.15) is 30.5 Å². The van der Waals surface area contributed by atoms with Crippen molar-refractivity contribution < 1.29 is 14.3 Å². The first-order chi connectivity index (χ1) is 15.0. The van der Waals surface area contributed by atoms with E-state index in [1.54, 1.807) is 0 Å². The Balaban J connectivity index is 1.48. The fourth-order valence-corrected chi connectivity index (χ4v) is 4.77. The van der Waals surface area contributed by atoms with E-state index in [1.165, 1.54) is 5.69 Å². The van der Waals surface area contributed by atoms with Gasteiger partial charge in [-0.15, -0.1) is 0 Å². The highest BCUT2D eigenvalue weighted by molar-refractivity contribution is 6.31. The van der Waals surface area contributed by atoms with Gasteiger partial charge in [0.25, 0.3) is 0 Å². The lowest BCUT2D eigenvalue weighted by atomic mass is 9.77. The van der Waals surface area contributed by atoms with Gasteiger partial charge in [0.2, 0.25) is 5.91 Å². The number of ether oxygens (including phenoxy) is 2. The zero-order chi connectivity index (χ0) is 21.7. The van der Waals surface area contributed by atoms with Crippen LogP contribution < -0.4 is 4.74 Å². The van der Waals surface area contributed by atoms with E-state index in [-0.39, 0.29) is 11.3 Å². The number of aryl methyl sites for hydroxylation is 1. The zero-order valence-corrected chi connectivity index (χ0v) is 19.0. The smallest absolute Gasteiger partial charge is 0.223 e. The molecule has 6 nitrogen and oxygen atoms in total. The molecule has 2 aliphatic heterocycles. The molecule has 0 saturated carbocycles. The molecule has 0 aliphatic carbocycles. The minimum absolute atomic E-state index is 0.209. The van der Waals surface area contributed by atoms with Gasteiger partial charge in [0.1, 0.15) is 5.75 Å². The van der Waals surface area contributed by atoms with E-state index < -0.39 is 0 Å². The average Bonchev–Trinajstić information content (AvgIpc) is 3.28. The van der Waals surface area contributed by atoms with E-state index in [0.29, 0.717) is 39.3 Å². The second kappa shape index (κ2) is 10.1. The van der Waals surface area contributed by atoms with Crippen LogP contribution in [0, 0.1) is 12.3 Å². The predicted molar refractivity (Wildman–Crippen MR) is 121 cm³/mol. The second-order valence-electron chi connectivity index (χ2n) is 8.88.